The molecule has 2 aliphatic rings. The van der Waals surface area contributed by atoms with Crippen molar-refractivity contribution in [1.29, 1.82) is 0 Å². The number of aliphatic hydroxyl groups is 1. The summed E-state index contributed by atoms with van der Waals surface area (Å²) < 4.78 is 5.06. The average Bonchev–Trinajstić information content (AvgIpc) is 3.13. The van der Waals surface area contributed by atoms with Gasteiger partial charge in [0.1, 0.15) is 0 Å². The molecule has 1 N–H and O–H groups in total. The molecule has 0 aliphatic heterocycles. The van der Waals surface area contributed by atoms with Gasteiger partial charge in [0.25, 0.3) is 0 Å². The number of carbonyl (C=O) groups excluding carboxylic acids is 1. The predicted molar refractivity (Wildman–Crippen MR) is 73.8 cm³/mol. The molecule has 4 heteroatoms. The van der Waals surface area contributed by atoms with Gasteiger partial charge in [-0.15, -0.1) is 0 Å². The molecule has 0 spiro atoms. The van der Waals surface area contributed by atoms with Crippen LogP contribution in [0.15, 0.2) is 0 Å². The molecule has 2 rings (SSSR count). The Kier molecular flexibility index (Phi) is 4.85. The first-order valence-corrected chi connectivity index (χ1v) is 7.60. The molecule has 2 aliphatic carbocycles. The SMILES string of the molecule is CCOC(=O)C1CCC(O)(CN(C)CC2CC2)CC1. The number of nitrogens with zero attached hydrogens (tertiary/aromatic N) is 1. The van der Waals surface area contributed by atoms with Crippen molar-refractivity contribution in [3.8, 4) is 0 Å². The van der Waals surface area contributed by atoms with Crippen molar-refractivity contribution >= 4 is 5.97 Å². The zero-order valence-electron chi connectivity index (χ0n) is 12.2. The molecule has 0 saturated heterocycles. The van der Waals surface area contributed by atoms with Gasteiger partial charge >= 0.3 is 5.97 Å². The van der Waals surface area contributed by atoms with Gasteiger partial charge in [-0.3, -0.25) is 4.79 Å². The molecule has 4 nitrogen and oxygen atoms in total. The van der Waals surface area contributed by atoms with Gasteiger partial charge in [-0.25, -0.2) is 0 Å². The van der Waals surface area contributed by atoms with E-state index in [-0.39, 0.29) is 11.9 Å². The molecule has 110 valence electrons. The lowest BCUT2D eigenvalue weighted by atomic mass is 9.78. The van der Waals surface area contributed by atoms with E-state index in [1.807, 2.05) is 6.92 Å². The van der Waals surface area contributed by atoms with Gasteiger partial charge in [-0.2, -0.15) is 0 Å². The largest absolute Gasteiger partial charge is 0.466 e. The number of esters is 1. The topological polar surface area (TPSA) is 49.8 Å². The second kappa shape index (κ2) is 6.23. The van der Waals surface area contributed by atoms with Crippen LogP contribution in [0.3, 0.4) is 0 Å². The van der Waals surface area contributed by atoms with Gasteiger partial charge in [-0.1, -0.05) is 0 Å². The highest BCUT2D eigenvalue weighted by Crippen LogP contribution is 2.34. The van der Waals surface area contributed by atoms with Crippen molar-refractivity contribution in [2.24, 2.45) is 11.8 Å². The predicted octanol–water partition coefficient (Wildman–Crippen LogP) is 1.81. The van der Waals surface area contributed by atoms with Crippen LogP contribution in [-0.2, 0) is 9.53 Å². The average molecular weight is 269 g/mol. The van der Waals surface area contributed by atoms with Gasteiger partial charge in [0.2, 0.25) is 0 Å². The summed E-state index contributed by atoms with van der Waals surface area (Å²) in [7, 11) is 2.09. The van der Waals surface area contributed by atoms with Crippen LogP contribution < -0.4 is 0 Å². The lowest BCUT2D eigenvalue weighted by molar-refractivity contribution is -0.151. The van der Waals surface area contributed by atoms with Gasteiger partial charge in [0, 0.05) is 13.1 Å². The second-order valence-electron chi connectivity index (χ2n) is 6.39. The molecule has 0 atom stereocenters. The third kappa shape index (κ3) is 4.46. The van der Waals surface area contributed by atoms with Crippen molar-refractivity contribution in [3.05, 3.63) is 0 Å². The van der Waals surface area contributed by atoms with E-state index >= 15 is 0 Å². The minimum Gasteiger partial charge on any atom is -0.466 e. The summed E-state index contributed by atoms with van der Waals surface area (Å²) in [5, 5.41) is 10.6. The highest BCUT2D eigenvalue weighted by Gasteiger charge is 2.37. The van der Waals surface area contributed by atoms with Gasteiger partial charge < -0.3 is 14.7 Å². The normalized spacial score (nSPS) is 31.5. The molecular formula is C15H27NO3. The molecule has 0 unspecified atom stereocenters. The van der Waals surface area contributed by atoms with Crippen molar-refractivity contribution in [2.45, 2.75) is 51.0 Å². The Labute approximate surface area is 116 Å². The first-order chi connectivity index (χ1) is 9.02. The van der Waals surface area contributed by atoms with E-state index in [1.165, 1.54) is 12.8 Å². The molecule has 0 aromatic heterocycles. The van der Waals surface area contributed by atoms with E-state index in [2.05, 4.69) is 11.9 Å². The third-order valence-electron chi connectivity index (χ3n) is 4.37. The molecule has 0 radical (unpaired) electrons. The monoisotopic (exact) mass is 269 g/mol. The van der Waals surface area contributed by atoms with Gasteiger partial charge in [0.15, 0.2) is 0 Å². The summed E-state index contributed by atoms with van der Waals surface area (Å²) in [6, 6.07) is 0. The summed E-state index contributed by atoms with van der Waals surface area (Å²) in [4.78, 5) is 13.9. The Balaban J connectivity index is 1.75. The standard InChI is InChI=1S/C15H27NO3/c1-3-19-14(17)13-6-8-15(18,9-7-13)11-16(2)10-12-4-5-12/h12-13,18H,3-11H2,1-2H3. The Hall–Kier alpha value is -0.610. The van der Waals surface area contributed by atoms with Crippen LogP contribution in [0.25, 0.3) is 0 Å². The van der Waals surface area contributed by atoms with E-state index in [1.54, 1.807) is 0 Å². The fourth-order valence-electron chi connectivity index (χ4n) is 3.12. The number of hydrogen-bond donors (Lipinski definition) is 1. The number of rotatable bonds is 6. The summed E-state index contributed by atoms with van der Waals surface area (Å²) >= 11 is 0. The third-order valence-corrected chi connectivity index (χ3v) is 4.37. The number of ether oxygens (including phenoxy) is 1. The second-order valence-corrected chi connectivity index (χ2v) is 6.39. The fraction of sp³-hybridized carbons (Fsp3) is 0.933. The van der Waals surface area contributed by atoms with Crippen LogP contribution in [0.1, 0.15) is 45.4 Å². The Morgan fingerprint density at radius 1 is 1.32 bits per heavy atom. The number of hydrogen-bond acceptors (Lipinski definition) is 4. The first kappa shape index (κ1) is 14.8. The molecule has 0 aromatic carbocycles. The molecule has 0 aromatic rings. The quantitative estimate of drug-likeness (QED) is 0.747. The van der Waals surface area contributed by atoms with E-state index < -0.39 is 5.60 Å². The summed E-state index contributed by atoms with van der Waals surface area (Å²) in [6.45, 7) is 4.12. The maximum absolute atomic E-state index is 11.7. The molecule has 0 amide bonds. The molecule has 2 saturated carbocycles. The maximum atomic E-state index is 11.7. The van der Waals surface area contributed by atoms with E-state index in [9.17, 15) is 9.90 Å². The van der Waals surface area contributed by atoms with E-state index in [0.717, 1.165) is 31.8 Å². The lowest BCUT2D eigenvalue weighted by Gasteiger charge is -2.37. The van der Waals surface area contributed by atoms with Crippen molar-refractivity contribution < 1.29 is 14.6 Å². The van der Waals surface area contributed by atoms with Gasteiger partial charge in [-0.05, 0) is 58.4 Å². The van der Waals surface area contributed by atoms with Crippen molar-refractivity contribution in [2.75, 3.05) is 26.7 Å². The van der Waals surface area contributed by atoms with Crippen LogP contribution in [0.5, 0.6) is 0 Å². The molecule has 19 heavy (non-hydrogen) atoms. The lowest BCUT2D eigenvalue weighted by Crippen LogP contribution is -2.45. The molecule has 0 heterocycles. The maximum Gasteiger partial charge on any atom is 0.308 e. The highest BCUT2D eigenvalue weighted by atomic mass is 16.5. The Morgan fingerprint density at radius 3 is 2.47 bits per heavy atom. The number of likely N-dealkylation sites (N-methyl/N-ethyl adjacent to an activating group) is 1. The van der Waals surface area contributed by atoms with Crippen LogP contribution >= 0.6 is 0 Å². The van der Waals surface area contributed by atoms with Crippen LogP contribution in [0.2, 0.25) is 0 Å². The Morgan fingerprint density at radius 2 is 1.95 bits per heavy atom. The Bertz CT molecular complexity index is 307. The first-order valence-electron chi connectivity index (χ1n) is 7.60. The zero-order chi connectivity index (χ0) is 13.9. The van der Waals surface area contributed by atoms with Crippen LogP contribution in [0, 0.1) is 11.8 Å². The van der Waals surface area contributed by atoms with Crippen molar-refractivity contribution in [1.82, 2.24) is 4.90 Å². The smallest absolute Gasteiger partial charge is 0.308 e. The van der Waals surface area contributed by atoms with Gasteiger partial charge in [0.05, 0.1) is 18.1 Å². The minimum atomic E-state index is -0.605. The van der Waals surface area contributed by atoms with Crippen LogP contribution in [-0.4, -0.2) is 48.3 Å². The molecule has 0 bridgehead atoms. The summed E-state index contributed by atoms with van der Waals surface area (Å²) in [6.07, 6.45) is 5.62. The zero-order valence-corrected chi connectivity index (χ0v) is 12.2. The molecule has 2 fully saturated rings. The fourth-order valence-corrected chi connectivity index (χ4v) is 3.12. The summed E-state index contributed by atoms with van der Waals surface area (Å²) in [5.41, 5.74) is -0.605. The number of carbonyl (C=O) groups is 1. The molecular weight excluding hydrogens is 242 g/mol. The highest BCUT2D eigenvalue weighted by molar-refractivity contribution is 5.72. The van der Waals surface area contributed by atoms with Crippen LogP contribution in [0.4, 0.5) is 0 Å². The van der Waals surface area contributed by atoms with E-state index in [4.69, 9.17) is 4.74 Å². The van der Waals surface area contributed by atoms with Crippen molar-refractivity contribution in [3.63, 3.8) is 0 Å². The summed E-state index contributed by atoms with van der Waals surface area (Å²) in [5.74, 6) is 0.759. The van der Waals surface area contributed by atoms with E-state index in [0.29, 0.717) is 19.4 Å². The minimum absolute atomic E-state index is 0.00559.